The van der Waals surface area contributed by atoms with Crippen LogP contribution in [0.15, 0.2) is 53.6 Å². The second-order valence-corrected chi connectivity index (χ2v) is 8.41. The molecule has 0 aliphatic rings. The van der Waals surface area contributed by atoms with Gasteiger partial charge in [0.25, 0.3) is 5.91 Å². The Labute approximate surface area is 184 Å². The van der Waals surface area contributed by atoms with Crippen LogP contribution < -0.4 is 5.43 Å². The van der Waals surface area contributed by atoms with Crippen molar-refractivity contribution in [2.24, 2.45) is 5.10 Å². The Morgan fingerprint density at radius 1 is 1.11 bits per heavy atom. The lowest BCUT2D eigenvalue weighted by molar-refractivity contribution is 0.0954. The van der Waals surface area contributed by atoms with Gasteiger partial charge in [-0.25, -0.2) is 5.43 Å². The van der Waals surface area contributed by atoms with Crippen molar-refractivity contribution in [3.8, 4) is 11.4 Å². The first-order chi connectivity index (χ1) is 12.9. The van der Waals surface area contributed by atoms with Gasteiger partial charge in [0, 0.05) is 31.8 Å². The third-order valence-corrected chi connectivity index (χ3v) is 5.76. The number of hydrogen-bond donors (Lipinski definition) is 2. The molecule has 2 aromatic carbocycles. The van der Waals surface area contributed by atoms with E-state index in [2.05, 4.69) is 62.0 Å². The van der Waals surface area contributed by atoms with Crippen molar-refractivity contribution >= 4 is 57.3 Å². The molecule has 0 aliphatic heterocycles. The third kappa shape index (κ3) is 4.52. The number of amides is 1. The van der Waals surface area contributed by atoms with Gasteiger partial charge in [0.1, 0.15) is 5.75 Å². The van der Waals surface area contributed by atoms with E-state index in [1.807, 2.05) is 42.5 Å². The smallest absolute Gasteiger partial charge is 0.271 e. The van der Waals surface area contributed by atoms with Crippen molar-refractivity contribution in [2.75, 3.05) is 0 Å². The number of hydrazone groups is 1. The van der Waals surface area contributed by atoms with Crippen molar-refractivity contribution in [1.82, 2.24) is 9.99 Å². The molecular formula is C20H17I2N3O2. The number of phenols is 1. The molecule has 0 fully saturated rings. The number of aryl methyl sites for hydroxylation is 1. The van der Waals surface area contributed by atoms with E-state index in [4.69, 9.17) is 0 Å². The number of phenolic OH excluding ortho intramolecular Hbond substituents is 1. The van der Waals surface area contributed by atoms with Gasteiger partial charge in [-0.2, -0.15) is 5.10 Å². The summed E-state index contributed by atoms with van der Waals surface area (Å²) >= 11 is 4.29. The molecule has 0 saturated carbocycles. The van der Waals surface area contributed by atoms with Crippen molar-refractivity contribution < 1.29 is 9.90 Å². The zero-order valence-electron chi connectivity index (χ0n) is 14.7. The molecule has 27 heavy (non-hydrogen) atoms. The van der Waals surface area contributed by atoms with E-state index in [-0.39, 0.29) is 11.7 Å². The Balaban J connectivity index is 1.77. The molecule has 1 amide bonds. The summed E-state index contributed by atoms with van der Waals surface area (Å²) in [5.74, 6) is -0.294. The Hall–Kier alpha value is -1.88. The van der Waals surface area contributed by atoms with Crippen molar-refractivity contribution in [1.29, 1.82) is 0 Å². The number of rotatable bonds is 4. The highest BCUT2D eigenvalue weighted by molar-refractivity contribution is 14.1. The molecule has 2 N–H and O–H groups in total. The quantitative estimate of drug-likeness (QED) is 0.263. The lowest BCUT2D eigenvalue weighted by Gasteiger charge is -2.09. The highest BCUT2D eigenvalue weighted by atomic mass is 127. The maximum absolute atomic E-state index is 12.2. The SMILES string of the molecule is Cc1cc(/C=N\NC(=O)c2ccc(I)c(O)c2)c(C)n1-c1ccc(I)cc1. The summed E-state index contributed by atoms with van der Waals surface area (Å²) in [6.07, 6.45) is 1.63. The van der Waals surface area contributed by atoms with Gasteiger partial charge in [-0.15, -0.1) is 0 Å². The van der Waals surface area contributed by atoms with E-state index in [9.17, 15) is 9.90 Å². The zero-order chi connectivity index (χ0) is 19.6. The Kier molecular flexibility index (Phi) is 6.20. The van der Waals surface area contributed by atoms with Crippen LogP contribution in [0.3, 0.4) is 0 Å². The van der Waals surface area contributed by atoms with E-state index in [0.717, 1.165) is 22.6 Å². The van der Waals surface area contributed by atoms with Crippen LogP contribution in [0.5, 0.6) is 5.75 Å². The van der Waals surface area contributed by atoms with Gasteiger partial charge in [-0.1, -0.05) is 0 Å². The van der Waals surface area contributed by atoms with Crippen LogP contribution >= 0.6 is 45.2 Å². The molecule has 5 nitrogen and oxygen atoms in total. The van der Waals surface area contributed by atoms with E-state index < -0.39 is 0 Å². The fraction of sp³-hybridized carbons (Fsp3) is 0.100. The molecule has 0 unspecified atom stereocenters. The Bertz CT molecular complexity index is 1020. The van der Waals surface area contributed by atoms with E-state index >= 15 is 0 Å². The molecule has 0 spiro atoms. The topological polar surface area (TPSA) is 66.6 Å². The van der Waals surface area contributed by atoms with Crippen molar-refractivity contribution in [3.63, 3.8) is 0 Å². The van der Waals surface area contributed by atoms with Crippen LogP contribution in [0.25, 0.3) is 5.69 Å². The number of nitrogens with zero attached hydrogens (tertiary/aromatic N) is 2. The minimum absolute atomic E-state index is 0.0771. The molecule has 0 bridgehead atoms. The molecule has 1 heterocycles. The molecule has 3 aromatic rings. The second kappa shape index (κ2) is 8.42. The van der Waals surface area contributed by atoms with Gasteiger partial charge in [-0.3, -0.25) is 4.79 Å². The van der Waals surface area contributed by atoms with E-state index in [1.54, 1.807) is 18.3 Å². The van der Waals surface area contributed by atoms with Crippen LogP contribution in [0.1, 0.15) is 27.3 Å². The molecule has 0 radical (unpaired) electrons. The molecule has 1 aromatic heterocycles. The van der Waals surface area contributed by atoms with Gasteiger partial charge in [0.15, 0.2) is 0 Å². The monoisotopic (exact) mass is 585 g/mol. The predicted octanol–water partition coefficient (Wildman–Crippen LogP) is 4.77. The molecule has 138 valence electrons. The summed E-state index contributed by atoms with van der Waals surface area (Å²) in [5.41, 5.74) is 7.00. The molecule has 0 aliphatic carbocycles. The minimum Gasteiger partial charge on any atom is -0.507 e. The summed E-state index contributed by atoms with van der Waals surface area (Å²) < 4.78 is 4.02. The van der Waals surface area contributed by atoms with Crippen molar-refractivity contribution in [2.45, 2.75) is 13.8 Å². The maximum Gasteiger partial charge on any atom is 0.271 e. The van der Waals surface area contributed by atoms with Crippen LogP contribution in [0, 0.1) is 21.0 Å². The van der Waals surface area contributed by atoms with Gasteiger partial charge in [-0.05, 0) is 108 Å². The first-order valence-corrected chi connectivity index (χ1v) is 10.3. The van der Waals surface area contributed by atoms with Gasteiger partial charge < -0.3 is 9.67 Å². The summed E-state index contributed by atoms with van der Waals surface area (Å²) in [7, 11) is 0. The largest absolute Gasteiger partial charge is 0.507 e. The molecule has 0 saturated heterocycles. The number of benzene rings is 2. The number of aromatic nitrogens is 1. The lowest BCUT2D eigenvalue weighted by atomic mass is 10.2. The first kappa shape index (κ1) is 19.9. The fourth-order valence-electron chi connectivity index (χ4n) is 2.78. The molecule has 7 heteroatoms. The fourth-order valence-corrected chi connectivity index (χ4v) is 3.48. The van der Waals surface area contributed by atoms with Crippen molar-refractivity contribution in [3.05, 3.63) is 78.2 Å². The average molecular weight is 585 g/mol. The van der Waals surface area contributed by atoms with Crippen LogP contribution in [-0.2, 0) is 0 Å². The number of aromatic hydroxyl groups is 1. The number of carbonyl (C=O) groups is 1. The minimum atomic E-state index is -0.371. The van der Waals surface area contributed by atoms with E-state index in [0.29, 0.717) is 9.13 Å². The predicted molar refractivity (Wildman–Crippen MR) is 124 cm³/mol. The molecule has 3 rings (SSSR count). The summed E-state index contributed by atoms with van der Waals surface area (Å²) in [6.45, 7) is 4.06. The highest BCUT2D eigenvalue weighted by Gasteiger charge is 2.10. The van der Waals surface area contributed by atoms with Crippen LogP contribution in [-0.4, -0.2) is 21.8 Å². The molecule has 0 atom stereocenters. The number of carbonyl (C=O) groups excluding carboxylic acids is 1. The number of nitrogens with one attached hydrogen (secondary N) is 1. The average Bonchev–Trinajstić information content (AvgIpc) is 2.92. The van der Waals surface area contributed by atoms with Gasteiger partial charge >= 0.3 is 0 Å². The number of hydrogen-bond acceptors (Lipinski definition) is 3. The lowest BCUT2D eigenvalue weighted by Crippen LogP contribution is -2.17. The van der Waals surface area contributed by atoms with Crippen LogP contribution in [0.2, 0.25) is 0 Å². The first-order valence-electron chi connectivity index (χ1n) is 8.13. The highest BCUT2D eigenvalue weighted by Crippen LogP contribution is 2.21. The third-order valence-electron chi connectivity index (χ3n) is 4.13. The number of halogens is 2. The Morgan fingerprint density at radius 2 is 1.81 bits per heavy atom. The Morgan fingerprint density at radius 3 is 2.48 bits per heavy atom. The standard InChI is InChI=1S/C20H17I2N3O2/c1-12-9-15(13(2)25(12)17-6-4-16(21)5-7-17)11-23-24-20(27)14-3-8-18(22)19(26)10-14/h3-11,26H,1-2H3,(H,24,27)/b23-11-. The summed E-state index contributed by atoms with van der Waals surface area (Å²) in [4.78, 5) is 12.2. The summed E-state index contributed by atoms with van der Waals surface area (Å²) in [6, 6.07) is 15.1. The second-order valence-electron chi connectivity index (χ2n) is 6.00. The maximum atomic E-state index is 12.2. The van der Waals surface area contributed by atoms with E-state index in [1.165, 1.54) is 9.64 Å². The summed E-state index contributed by atoms with van der Waals surface area (Å²) in [5, 5.41) is 13.8. The van der Waals surface area contributed by atoms with Crippen LogP contribution in [0.4, 0.5) is 0 Å². The van der Waals surface area contributed by atoms with Gasteiger partial charge in [0.05, 0.1) is 9.78 Å². The zero-order valence-corrected chi connectivity index (χ0v) is 19.0. The van der Waals surface area contributed by atoms with Gasteiger partial charge in [0.2, 0.25) is 0 Å². The molecular weight excluding hydrogens is 568 g/mol. The normalized spacial score (nSPS) is 11.1.